The Labute approximate surface area is 131 Å². The number of halogens is 1. The summed E-state index contributed by atoms with van der Waals surface area (Å²) in [7, 11) is 2.89. The zero-order chi connectivity index (χ0) is 15.9. The van der Waals surface area contributed by atoms with Gasteiger partial charge in [-0.05, 0) is 19.1 Å². The minimum atomic E-state index is -0.587. The van der Waals surface area contributed by atoms with Crippen molar-refractivity contribution in [1.29, 1.82) is 0 Å². The minimum Gasteiger partial charge on any atom is -0.493 e. The molecule has 1 aromatic rings. The Morgan fingerprint density at radius 3 is 2.77 bits per heavy atom. The van der Waals surface area contributed by atoms with Gasteiger partial charge < -0.3 is 9.47 Å². The van der Waals surface area contributed by atoms with Crippen LogP contribution in [0.5, 0.6) is 5.06 Å². The van der Waals surface area contributed by atoms with E-state index in [1.54, 1.807) is 19.1 Å². The highest BCUT2D eigenvalue weighted by Gasteiger charge is 2.33. The molecule has 1 aliphatic carbocycles. The van der Waals surface area contributed by atoms with Crippen molar-refractivity contribution in [3.05, 3.63) is 51.5 Å². The van der Waals surface area contributed by atoms with Crippen LogP contribution in [0.1, 0.15) is 23.0 Å². The number of allylic oxidation sites excluding steroid dienone is 5. The van der Waals surface area contributed by atoms with Crippen LogP contribution < -0.4 is 4.74 Å². The fraction of sp³-hybridized carbons (Fsp3) is 0.250. The number of ketones is 1. The van der Waals surface area contributed by atoms with Gasteiger partial charge in [0.25, 0.3) is 0 Å². The van der Waals surface area contributed by atoms with E-state index >= 15 is 0 Å². The molecule has 0 amide bonds. The number of nitrogens with zero attached hydrogens (tertiary/aromatic N) is 1. The third-order valence-corrected chi connectivity index (χ3v) is 4.46. The Kier molecular flexibility index (Phi) is 3.70. The average molecular weight is 318 g/mol. The summed E-state index contributed by atoms with van der Waals surface area (Å²) in [5.41, 5.74) is 1.67. The molecule has 0 unspecified atom stereocenters. The van der Waals surface area contributed by atoms with Crippen molar-refractivity contribution in [2.45, 2.75) is 13.3 Å². The van der Waals surface area contributed by atoms with Gasteiger partial charge in [0, 0.05) is 23.8 Å². The minimum absolute atomic E-state index is 0.0338. The molecule has 0 saturated heterocycles. The molecule has 0 saturated carbocycles. The van der Waals surface area contributed by atoms with Crippen LogP contribution in [0, 0.1) is 6.08 Å². The van der Waals surface area contributed by atoms with Crippen molar-refractivity contribution < 1.29 is 18.7 Å². The van der Waals surface area contributed by atoms with Crippen molar-refractivity contribution in [3.8, 4) is 5.06 Å². The number of ether oxygens (including phenoxy) is 2. The first-order chi connectivity index (χ1) is 10.5. The number of Topliss-reactive ketones (excluding diaryl/α,β-unsaturated/α-hetero) is 1. The van der Waals surface area contributed by atoms with Gasteiger partial charge in [-0.2, -0.15) is 0 Å². The van der Waals surface area contributed by atoms with Crippen LogP contribution in [0.25, 0.3) is 0 Å². The molecule has 1 aromatic heterocycles. The van der Waals surface area contributed by atoms with Crippen LogP contribution in [-0.2, 0) is 4.74 Å². The Bertz CT molecular complexity index is 783. The van der Waals surface area contributed by atoms with Crippen LogP contribution in [0.4, 0.5) is 4.39 Å². The van der Waals surface area contributed by atoms with Crippen LogP contribution >= 0.6 is 11.3 Å². The first-order valence-electron chi connectivity index (χ1n) is 6.59. The van der Waals surface area contributed by atoms with Gasteiger partial charge in [0.15, 0.2) is 16.6 Å². The van der Waals surface area contributed by atoms with E-state index in [1.165, 1.54) is 25.6 Å². The summed E-state index contributed by atoms with van der Waals surface area (Å²) in [6.07, 6.45) is 3.09. The second-order valence-corrected chi connectivity index (χ2v) is 5.84. The Morgan fingerprint density at radius 1 is 1.36 bits per heavy atom. The highest BCUT2D eigenvalue weighted by atomic mass is 32.1. The molecule has 0 bridgehead atoms. The lowest BCUT2D eigenvalue weighted by molar-refractivity contribution is 0.102. The zero-order valence-corrected chi connectivity index (χ0v) is 13.1. The summed E-state index contributed by atoms with van der Waals surface area (Å²) in [6, 6.07) is 3.37. The van der Waals surface area contributed by atoms with E-state index in [9.17, 15) is 9.18 Å². The largest absolute Gasteiger partial charge is 0.493 e. The van der Waals surface area contributed by atoms with Crippen molar-refractivity contribution >= 4 is 22.8 Å². The van der Waals surface area contributed by atoms with Crippen molar-refractivity contribution in [2.75, 3.05) is 14.2 Å². The van der Waals surface area contributed by atoms with Crippen molar-refractivity contribution in [1.82, 2.24) is 0 Å². The van der Waals surface area contributed by atoms with Crippen LogP contribution in [0.15, 0.2) is 45.6 Å². The first-order valence-corrected chi connectivity index (χ1v) is 7.41. The van der Waals surface area contributed by atoms with E-state index in [-0.39, 0.29) is 29.1 Å². The van der Waals surface area contributed by atoms with E-state index in [2.05, 4.69) is 11.1 Å². The smallest absolute Gasteiger partial charge is 0.203 e. The van der Waals surface area contributed by atoms with E-state index in [0.29, 0.717) is 21.3 Å². The van der Waals surface area contributed by atoms with Gasteiger partial charge >= 0.3 is 0 Å². The van der Waals surface area contributed by atoms with E-state index in [0.717, 1.165) is 0 Å². The van der Waals surface area contributed by atoms with Crippen LogP contribution in [0.3, 0.4) is 0 Å². The first kappa shape index (κ1) is 14.7. The zero-order valence-electron chi connectivity index (χ0n) is 12.3. The molecule has 22 heavy (non-hydrogen) atoms. The average Bonchev–Trinajstić information content (AvgIpc) is 3.12. The summed E-state index contributed by atoms with van der Waals surface area (Å²) in [5, 5.41) is 0.625. The summed E-state index contributed by atoms with van der Waals surface area (Å²) in [4.78, 5) is 17.4. The van der Waals surface area contributed by atoms with Gasteiger partial charge in [0.05, 0.1) is 30.4 Å². The quantitative estimate of drug-likeness (QED) is 0.797. The van der Waals surface area contributed by atoms with Crippen molar-refractivity contribution in [3.63, 3.8) is 0 Å². The molecule has 0 N–H and O–H groups in total. The van der Waals surface area contributed by atoms with E-state index < -0.39 is 5.83 Å². The topological polar surface area (TPSA) is 47.9 Å². The van der Waals surface area contributed by atoms with Gasteiger partial charge in [-0.3, -0.25) is 9.79 Å². The Morgan fingerprint density at radius 2 is 2.14 bits per heavy atom. The molecule has 6 heteroatoms. The number of fused-ring (bicyclic) bond motifs is 1. The number of carbonyl (C=O) groups is 1. The molecule has 113 valence electrons. The number of rotatable bonds is 4. The molecule has 2 aliphatic rings. The molecule has 3 rings (SSSR count). The molecule has 1 radical (unpaired) electrons. The molecule has 0 fully saturated rings. The van der Waals surface area contributed by atoms with Gasteiger partial charge in [0.1, 0.15) is 0 Å². The SMILES string of the molecule is COC1=C(C(=O)c2ccc(OC)s2)CC2=NC(C)=[C]C2=C1F. The van der Waals surface area contributed by atoms with Crippen molar-refractivity contribution in [2.24, 2.45) is 4.99 Å². The van der Waals surface area contributed by atoms with Crippen LogP contribution in [0.2, 0.25) is 0 Å². The number of aliphatic imine (C=N–C) groups is 1. The molecule has 4 nitrogen and oxygen atoms in total. The van der Waals surface area contributed by atoms with E-state index in [1.807, 2.05) is 0 Å². The molecule has 0 spiro atoms. The maximum absolute atomic E-state index is 14.5. The fourth-order valence-electron chi connectivity index (χ4n) is 2.44. The standard InChI is InChI=1S/C16H13FNO3S/c1-8-6-9-11(18-8)7-10(16(21-3)14(9)17)15(19)12-4-5-13(20-2)22-12/h4-5H,7H2,1-3H3. The maximum atomic E-state index is 14.5. The molecule has 2 heterocycles. The second kappa shape index (κ2) is 5.53. The monoisotopic (exact) mass is 318 g/mol. The molecular weight excluding hydrogens is 305 g/mol. The summed E-state index contributed by atoms with van der Waals surface area (Å²) >= 11 is 1.21. The third-order valence-electron chi connectivity index (χ3n) is 3.42. The fourth-order valence-corrected chi connectivity index (χ4v) is 3.23. The summed E-state index contributed by atoms with van der Waals surface area (Å²) < 4.78 is 24.8. The number of hydrogen-bond donors (Lipinski definition) is 0. The number of carbonyl (C=O) groups excluding carboxylic acids is 1. The number of methoxy groups -OCH3 is 2. The highest BCUT2D eigenvalue weighted by Crippen LogP contribution is 2.37. The molecule has 0 atom stereocenters. The predicted octanol–water partition coefficient (Wildman–Crippen LogP) is 3.63. The van der Waals surface area contributed by atoms with Gasteiger partial charge in [-0.25, -0.2) is 4.39 Å². The lowest BCUT2D eigenvalue weighted by Crippen LogP contribution is -2.18. The molecule has 1 aliphatic heterocycles. The van der Waals surface area contributed by atoms with Gasteiger partial charge in [-0.1, -0.05) is 11.3 Å². The lowest BCUT2D eigenvalue weighted by atomic mass is 9.91. The Hall–Kier alpha value is -2.21. The number of hydrogen-bond acceptors (Lipinski definition) is 5. The predicted molar refractivity (Wildman–Crippen MR) is 81.9 cm³/mol. The summed E-state index contributed by atoms with van der Waals surface area (Å²) in [6.45, 7) is 1.74. The summed E-state index contributed by atoms with van der Waals surface area (Å²) in [5.74, 6) is -0.892. The van der Waals surface area contributed by atoms with E-state index in [4.69, 9.17) is 9.47 Å². The Balaban J connectivity index is 2.04. The third kappa shape index (κ3) is 2.29. The normalized spacial score (nSPS) is 17.3. The second-order valence-electron chi connectivity index (χ2n) is 4.80. The highest BCUT2D eigenvalue weighted by molar-refractivity contribution is 7.16. The van der Waals surface area contributed by atoms with Gasteiger partial charge in [0.2, 0.25) is 5.78 Å². The lowest BCUT2D eigenvalue weighted by Gasteiger charge is -2.18. The molecule has 0 aromatic carbocycles. The van der Waals surface area contributed by atoms with Crippen LogP contribution in [-0.4, -0.2) is 25.7 Å². The maximum Gasteiger partial charge on any atom is 0.203 e. The number of thiophene rings is 1. The van der Waals surface area contributed by atoms with Gasteiger partial charge in [-0.15, -0.1) is 0 Å². The molecular formula is C16H13FNO3S.